The summed E-state index contributed by atoms with van der Waals surface area (Å²) in [5.74, 6) is 1.42. The van der Waals surface area contributed by atoms with Crippen LogP contribution >= 0.6 is 11.6 Å². The molecule has 0 saturated heterocycles. The highest BCUT2D eigenvalue weighted by molar-refractivity contribution is 6.18. The second-order valence-electron chi connectivity index (χ2n) is 5.38. The predicted octanol–water partition coefficient (Wildman–Crippen LogP) is 3.35. The molecule has 1 fully saturated rings. The number of halogens is 1. The summed E-state index contributed by atoms with van der Waals surface area (Å²) in [7, 11) is 0. The molecule has 4 heteroatoms. The molecule has 18 heavy (non-hydrogen) atoms. The van der Waals surface area contributed by atoms with Crippen LogP contribution in [0, 0.1) is 5.92 Å². The molecular weight excluding hydrogens is 246 g/mol. The van der Waals surface area contributed by atoms with Crippen LogP contribution in [0.15, 0.2) is 12.3 Å². The molecule has 2 rings (SSSR count). The number of aromatic nitrogens is 2. The lowest BCUT2D eigenvalue weighted by Gasteiger charge is -2.18. The monoisotopic (exact) mass is 269 g/mol. The Bertz CT molecular complexity index is 364. The summed E-state index contributed by atoms with van der Waals surface area (Å²) in [6.45, 7) is 5.25. The number of rotatable bonds is 6. The van der Waals surface area contributed by atoms with Crippen molar-refractivity contribution in [3.8, 4) is 0 Å². The molecule has 0 amide bonds. The number of hydrogen-bond donors (Lipinski definition) is 1. The Labute approximate surface area is 115 Å². The first kappa shape index (κ1) is 13.9. The van der Waals surface area contributed by atoms with E-state index in [1.165, 1.54) is 19.3 Å². The summed E-state index contributed by atoms with van der Waals surface area (Å²) in [4.78, 5) is 0. The number of alkyl halides is 1. The van der Waals surface area contributed by atoms with Crippen LogP contribution < -0.4 is 5.32 Å². The van der Waals surface area contributed by atoms with Gasteiger partial charge in [0.05, 0.1) is 5.69 Å². The first-order valence-corrected chi connectivity index (χ1v) is 7.61. The zero-order valence-electron chi connectivity index (χ0n) is 11.4. The van der Waals surface area contributed by atoms with Gasteiger partial charge < -0.3 is 5.32 Å². The molecule has 0 aliphatic heterocycles. The highest BCUT2D eigenvalue weighted by atomic mass is 35.5. The third kappa shape index (κ3) is 3.27. The van der Waals surface area contributed by atoms with Gasteiger partial charge in [-0.2, -0.15) is 5.10 Å². The van der Waals surface area contributed by atoms with Crippen molar-refractivity contribution in [2.45, 2.75) is 58.2 Å². The van der Waals surface area contributed by atoms with Crippen LogP contribution in [0.4, 0.5) is 0 Å². The van der Waals surface area contributed by atoms with Gasteiger partial charge in [0.25, 0.3) is 0 Å². The van der Waals surface area contributed by atoms with Crippen molar-refractivity contribution in [1.82, 2.24) is 15.1 Å². The van der Waals surface area contributed by atoms with E-state index in [0.717, 1.165) is 24.5 Å². The molecule has 1 N–H and O–H groups in total. The number of hydrogen-bond acceptors (Lipinski definition) is 2. The van der Waals surface area contributed by atoms with E-state index in [0.29, 0.717) is 18.0 Å². The molecule has 1 aromatic rings. The Kier molecular flexibility index (Phi) is 5.07. The average Bonchev–Trinajstić information content (AvgIpc) is 3.03. The standard InChI is InChI=1S/C14H24ClN3/c1-3-11(2)18-8-7-13(17-18)10-16-14-6-4-5-12(14)9-15/h7-8,11-12,14,16H,3-6,9-10H2,1-2H3. The van der Waals surface area contributed by atoms with Crippen LogP contribution in [0.5, 0.6) is 0 Å². The SMILES string of the molecule is CCC(C)n1ccc(CNC2CCCC2CCl)n1. The van der Waals surface area contributed by atoms with E-state index in [1.54, 1.807) is 0 Å². The first-order valence-electron chi connectivity index (χ1n) is 7.08. The molecular formula is C14H24ClN3. The van der Waals surface area contributed by atoms with E-state index in [-0.39, 0.29) is 0 Å². The molecule has 3 unspecified atom stereocenters. The van der Waals surface area contributed by atoms with E-state index < -0.39 is 0 Å². The molecule has 0 aromatic carbocycles. The molecule has 1 aromatic heterocycles. The van der Waals surface area contributed by atoms with E-state index in [9.17, 15) is 0 Å². The quantitative estimate of drug-likeness (QED) is 0.803. The van der Waals surface area contributed by atoms with Crippen LogP contribution in [0.1, 0.15) is 51.3 Å². The van der Waals surface area contributed by atoms with Gasteiger partial charge in [-0.1, -0.05) is 13.3 Å². The van der Waals surface area contributed by atoms with Crippen molar-refractivity contribution in [2.75, 3.05) is 5.88 Å². The van der Waals surface area contributed by atoms with Crippen molar-refractivity contribution in [1.29, 1.82) is 0 Å². The van der Waals surface area contributed by atoms with Crippen LogP contribution in [-0.4, -0.2) is 21.7 Å². The van der Waals surface area contributed by atoms with Gasteiger partial charge in [-0.15, -0.1) is 11.6 Å². The Morgan fingerprint density at radius 2 is 2.39 bits per heavy atom. The lowest BCUT2D eigenvalue weighted by molar-refractivity contribution is 0.421. The highest BCUT2D eigenvalue weighted by Crippen LogP contribution is 2.26. The molecule has 102 valence electrons. The number of nitrogens with one attached hydrogen (secondary N) is 1. The zero-order chi connectivity index (χ0) is 13.0. The molecule has 1 saturated carbocycles. The fourth-order valence-electron chi connectivity index (χ4n) is 2.63. The second-order valence-corrected chi connectivity index (χ2v) is 5.69. The van der Waals surface area contributed by atoms with Gasteiger partial charge >= 0.3 is 0 Å². The van der Waals surface area contributed by atoms with Crippen LogP contribution in [-0.2, 0) is 6.54 Å². The van der Waals surface area contributed by atoms with Crippen molar-refractivity contribution in [2.24, 2.45) is 5.92 Å². The van der Waals surface area contributed by atoms with Gasteiger partial charge in [-0.05, 0) is 38.2 Å². The van der Waals surface area contributed by atoms with Gasteiger partial charge in [-0.3, -0.25) is 4.68 Å². The maximum absolute atomic E-state index is 5.99. The van der Waals surface area contributed by atoms with Crippen molar-refractivity contribution in [3.63, 3.8) is 0 Å². The van der Waals surface area contributed by atoms with Gasteiger partial charge in [0.15, 0.2) is 0 Å². The first-order chi connectivity index (χ1) is 8.74. The van der Waals surface area contributed by atoms with Crippen LogP contribution in [0.25, 0.3) is 0 Å². The van der Waals surface area contributed by atoms with E-state index in [4.69, 9.17) is 11.6 Å². The largest absolute Gasteiger partial charge is 0.308 e. The summed E-state index contributed by atoms with van der Waals surface area (Å²) in [5.41, 5.74) is 1.13. The third-order valence-corrected chi connectivity index (χ3v) is 4.51. The van der Waals surface area contributed by atoms with E-state index in [2.05, 4.69) is 41.2 Å². The fourth-order valence-corrected chi connectivity index (χ4v) is 3.00. The van der Waals surface area contributed by atoms with E-state index >= 15 is 0 Å². The molecule has 0 bridgehead atoms. The maximum atomic E-state index is 5.99. The molecule has 3 nitrogen and oxygen atoms in total. The number of nitrogens with zero attached hydrogens (tertiary/aromatic N) is 2. The molecule has 0 radical (unpaired) electrons. The van der Waals surface area contributed by atoms with Gasteiger partial charge in [0.1, 0.15) is 0 Å². The maximum Gasteiger partial charge on any atom is 0.0762 e. The minimum atomic E-state index is 0.487. The molecule has 1 aliphatic rings. The summed E-state index contributed by atoms with van der Waals surface area (Å²) in [6.07, 6.45) is 7.02. The van der Waals surface area contributed by atoms with Gasteiger partial charge in [0, 0.05) is 30.7 Å². The van der Waals surface area contributed by atoms with Crippen LogP contribution in [0.2, 0.25) is 0 Å². The summed E-state index contributed by atoms with van der Waals surface area (Å²) >= 11 is 5.99. The van der Waals surface area contributed by atoms with E-state index in [1.807, 2.05) is 0 Å². The Balaban J connectivity index is 1.84. The Morgan fingerprint density at radius 1 is 1.56 bits per heavy atom. The predicted molar refractivity (Wildman–Crippen MR) is 75.9 cm³/mol. The van der Waals surface area contributed by atoms with Crippen molar-refractivity contribution >= 4 is 11.6 Å². The Morgan fingerprint density at radius 3 is 3.11 bits per heavy atom. The lowest BCUT2D eigenvalue weighted by Crippen LogP contribution is -2.32. The smallest absolute Gasteiger partial charge is 0.0762 e. The van der Waals surface area contributed by atoms with Crippen molar-refractivity contribution in [3.05, 3.63) is 18.0 Å². The molecule has 0 spiro atoms. The minimum absolute atomic E-state index is 0.487. The fraction of sp³-hybridized carbons (Fsp3) is 0.786. The second kappa shape index (κ2) is 6.58. The normalized spacial score (nSPS) is 25.5. The lowest BCUT2D eigenvalue weighted by atomic mass is 10.1. The van der Waals surface area contributed by atoms with Crippen LogP contribution in [0.3, 0.4) is 0 Å². The summed E-state index contributed by atoms with van der Waals surface area (Å²) in [5, 5.41) is 8.22. The summed E-state index contributed by atoms with van der Waals surface area (Å²) < 4.78 is 2.06. The molecule has 1 heterocycles. The molecule has 1 aliphatic carbocycles. The van der Waals surface area contributed by atoms with Gasteiger partial charge in [0.2, 0.25) is 0 Å². The van der Waals surface area contributed by atoms with Crippen molar-refractivity contribution < 1.29 is 0 Å². The Hall–Kier alpha value is -0.540. The molecule has 3 atom stereocenters. The third-order valence-electron chi connectivity index (χ3n) is 4.11. The topological polar surface area (TPSA) is 29.9 Å². The summed E-state index contributed by atoms with van der Waals surface area (Å²) in [6, 6.07) is 3.18. The minimum Gasteiger partial charge on any atom is -0.308 e. The zero-order valence-corrected chi connectivity index (χ0v) is 12.2. The van der Waals surface area contributed by atoms with Gasteiger partial charge in [-0.25, -0.2) is 0 Å². The highest BCUT2D eigenvalue weighted by Gasteiger charge is 2.25. The average molecular weight is 270 g/mol.